The van der Waals surface area contributed by atoms with Crippen molar-refractivity contribution in [2.75, 3.05) is 13.7 Å². The predicted octanol–water partition coefficient (Wildman–Crippen LogP) is 1.88. The summed E-state index contributed by atoms with van der Waals surface area (Å²) < 4.78 is 4.79. The summed E-state index contributed by atoms with van der Waals surface area (Å²) in [4.78, 5) is 25.9. The van der Waals surface area contributed by atoms with Crippen LogP contribution in [0.2, 0.25) is 0 Å². The molecule has 0 N–H and O–H groups in total. The standard InChI is InChI=1S/C17H21NO3/c1-21-17(20)15-6-3-9-18(15)16(19)11-12-7-8-13-4-2-5-14(13)10-12/h7-8,10,15H,2-6,9,11H2,1H3. The normalized spacial score (nSPS) is 20.4. The van der Waals surface area contributed by atoms with E-state index in [1.807, 2.05) is 6.07 Å². The van der Waals surface area contributed by atoms with Crippen molar-refractivity contribution in [1.82, 2.24) is 4.90 Å². The Kier molecular flexibility index (Phi) is 3.95. The summed E-state index contributed by atoms with van der Waals surface area (Å²) in [5, 5.41) is 0. The van der Waals surface area contributed by atoms with Crippen LogP contribution in [-0.2, 0) is 33.6 Å². The van der Waals surface area contributed by atoms with Crippen LogP contribution in [0.5, 0.6) is 0 Å². The van der Waals surface area contributed by atoms with Gasteiger partial charge < -0.3 is 9.64 Å². The van der Waals surface area contributed by atoms with Crippen molar-refractivity contribution in [3.63, 3.8) is 0 Å². The average Bonchev–Trinajstić information content (AvgIpc) is 3.14. The molecule has 1 amide bonds. The van der Waals surface area contributed by atoms with Crippen LogP contribution < -0.4 is 0 Å². The highest BCUT2D eigenvalue weighted by atomic mass is 16.5. The molecule has 4 nitrogen and oxygen atoms in total. The van der Waals surface area contributed by atoms with E-state index in [9.17, 15) is 9.59 Å². The molecule has 0 saturated carbocycles. The van der Waals surface area contributed by atoms with Gasteiger partial charge in [0.05, 0.1) is 13.5 Å². The van der Waals surface area contributed by atoms with E-state index in [0.29, 0.717) is 19.4 Å². The number of ether oxygens (including phenoxy) is 1. The van der Waals surface area contributed by atoms with Crippen LogP contribution >= 0.6 is 0 Å². The Morgan fingerprint density at radius 1 is 1.24 bits per heavy atom. The molecule has 1 heterocycles. The second kappa shape index (κ2) is 5.88. The molecule has 4 heteroatoms. The molecule has 1 fully saturated rings. The van der Waals surface area contributed by atoms with Gasteiger partial charge in [-0.15, -0.1) is 0 Å². The second-order valence-electron chi connectivity index (χ2n) is 5.90. The first-order valence-electron chi connectivity index (χ1n) is 7.67. The Labute approximate surface area is 125 Å². The highest BCUT2D eigenvalue weighted by Crippen LogP contribution is 2.24. The first-order valence-corrected chi connectivity index (χ1v) is 7.67. The van der Waals surface area contributed by atoms with Crippen LogP contribution in [0.25, 0.3) is 0 Å². The maximum absolute atomic E-state index is 12.5. The summed E-state index contributed by atoms with van der Waals surface area (Å²) in [5.74, 6) is -0.268. The zero-order valence-electron chi connectivity index (χ0n) is 12.4. The summed E-state index contributed by atoms with van der Waals surface area (Å²) in [5.41, 5.74) is 3.85. The van der Waals surface area contributed by atoms with Crippen LogP contribution in [0.4, 0.5) is 0 Å². The van der Waals surface area contributed by atoms with Crippen LogP contribution in [0.3, 0.4) is 0 Å². The zero-order valence-corrected chi connectivity index (χ0v) is 12.4. The van der Waals surface area contributed by atoms with Gasteiger partial charge in [0, 0.05) is 6.54 Å². The van der Waals surface area contributed by atoms with Gasteiger partial charge in [-0.1, -0.05) is 18.2 Å². The summed E-state index contributed by atoms with van der Waals surface area (Å²) in [7, 11) is 1.38. The molecule has 1 aliphatic carbocycles. The van der Waals surface area contributed by atoms with E-state index < -0.39 is 6.04 Å². The van der Waals surface area contributed by atoms with Crippen molar-refractivity contribution in [3.8, 4) is 0 Å². The number of likely N-dealkylation sites (tertiary alicyclic amines) is 1. The first kappa shape index (κ1) is 14.1. The molecule has 1 aromatic carbocycles. The van der Waals surface area contributed by atoms with Crippen LogP contribution in [0.1, 0.15) is 36.0 Å². The van der Waals surface area contributed by atoms with Crippen LogP contribution in [0.15, 0.2) is 18.2 Å². The number of carbonyl (C=O) groups excluding carboxylic acids is 2. The molecule has 112 valence electrons. The predicted molar refractivity (Wildman–Crippen MR) is 78.9 cm³/mol. The fraction of sp³-hybridized carbons (Fsp3) is 0.529. The highest BCUT2D eigenvalue weighted by Gasteiger charge is 2.34. The number of aryl methyl sites for hydroxylation is 2. The Bertz CT molecular complexity index is 567. The van der Waals surface area contributed by atoms with Gasteiger partial charge in [-0.3, -0.25) is 4.79 Å². The monoisotopic (exact) mass is 287 g/mol. The Hall–Kier alpha value is -1.84. The molecule has 21 heavy (non-hydrogen) atoms. The molecular formula is C17H21NO3. The number of methoxy groups -OCH3 is 1. The highest BCUT2D eigenvalue weighted by molar-refractivity contribution is 5.86. The van der Waals surface area contributed by atoms with E-state index in [-0.39, 0.29) is 11.9 Å². The van der Waals surface area contributed by atoms with Gasteiger partial charge >= 0.3 is 5.97 Å². The third-order valence-electron chi connectivity index (χ3n) is 4.56. The van der Waals surface area contributed by atoms with Crippen molar-refractivity contribution >= 4 is 11.9 Å². The van der Waals surface area contributed by atoms with Gasteiger partial charge in [0.2, 0.25) is 5.91 Å². The van der Waals surface area contributed by atoms with Gasteiger partial charge in [-0.2, -0.15) is 0 Å². The molecule has 2 aliphatic rings. The van der Waals surface area contributed by atoms with Crippen LogP contribution in [-0.4, -0.2) is 36.5 Å². The molecule has 0 radical (unpaired) electrons. The number of hydrogen-bond acceptors (Lipinski definition) is 3. The molecule has 1 atom stereocenters. The van der Waals surface area contributed by atoms with E-state index in [1.54, 1.807) is 4.90 Å². The number of esters is 1. The van der Waals surface area contributed by atoms with Gasteiger partial charge in [-0.05, 0) is 48.8 Å². The Morgan fingerprint density at radius 3 is 2.86 bits per heavy atom. The molecular weight excluding hydrogens is 266 g/mol. The molecule has 1 aromatic rings. The third kappa shape index (κ3) is 2.80. The van der Waals surface area contributed by atoms with E-state index in [4.69, 9.17) is 4.74 Å². The molecule has 1 aliphatic heterocycles. The van der Waals surface area contributed by atoms with E-state index in [0.717, 1.165) is 24.8 Å². The fourth-order valence-electron chi connectivity index (χ4n) is 3.46. The van der Waals surface area contributed by atoms with E-state index in [2.05, 4.69) is 12.1 Å². The molecule has 0 aromatic heterocycles. The van der Waals surface area contributed by atoms with Crippen molar-refractivity contribution in [1.29, 1.82) is 0 Å². The summed E-state index contributed by atoms with van der Waals surface area (Å²) in [6.45, 7) is 0.656. The smallest absolute Gasteiger partial charge is 0.328 e. The minimum Gasteiger partial charge on any atom is -0.467 e. The molecule has 0 bridgehead atoms. The van der Waals surface area contributed by atoms with Crippen molar-refractivity contribution in [2.45, 2.75) is 44.6 Å². The maximum Gasteiger partial charge on any atom is 0.328 e. The average molecular weight is 287 g/mol. The molecule has 1 saturated heterocycles. The molecule has 3 rings (SSSR count). The van der Waals surface area contributed by atoms with Gasteiger partial charge in [0.1, 0.15) is 6.04 Å². The number of benzene rings is 1. The van der Waals surface area contributed by atoms with Gasteiger partial charge in [-0.25, -0.2) is 4.79 Å². The van der Waals surface area contributed by atoms with Crippen molar-refractivity contribution in [2.24, 2.45) is 0 Å². The van der Waals surface area contributed by atoms with Gasteiger partial charge in [0.25, 0.3) is 0 Å². The lowest BCUT2D eigenvalue weighted by atomic mass is 10.0. The minimum absolute atomic E-state index is 0.0286. The lowest BCUT2D eigenvalue weighted by Crippen LogP contribution is -2.41. The molecule has 0 spiro atoms. The molecule has 1 unspecified atom stereocenters. The number of fused-ring (bicyclic) bond motifs is 1. The first-order chi connectivity index (χ1) is 10.2. The van der Waals surface area contributed by atoms with Crippen LogP contribution in [0, 0.1) is 0 Å². The lowest BCUT2D eigenvalue weighted by Gasteiger charge is -2.22. The van der Waals surface area contributed by atoms with E-state index >= 15 is 0 Å². The van der Waals surface area contributed by atoms with Crippen molar-refractivity contribution < 1.29 is 14.3 Å². The zero-order chi connectivity index (χ0) is 14.8. The van der Waals surface area contributed by atoms with Crippen molar-refractivity contribution in [3.05, 3.63) is 34.9 Å². The third-order valence-corrected chi connectivity index (χ3v) is 4.56. The number of rotatable bonds is 3. The largest absolute Gasteiger partial charge is 0.467 e. The van der Waals surface area contributed by atoms with E-state index in [1.165, 1.54) is 24.7 Å². The second-order valence-corrected chi connectivity index (χ2v) is 5.90. The summed E-state index contributed by atoms with van der Waals surface area (Å²) >= 11 is 0. The maximum atomic E-state index is 12.5. The SMILES string of the molecule is COC(=O)C1CCCN1C(=O)Cc1ccc2c(c1)CCC2. The number of nitrogens with zero attached hydrogens (tertiary/aromatic N) is 1. The number of hydrogen-bond donors (Lipinski definition) is 0. The fourth-order valence-corrected chi connectivity index (χ4v) is 3.46. The lowest BCUT2D eigenvalue weighted by molar-refractivity contribution is -0.150. The van der Waals surface area contributed by atoms with Gasteiger partial charge in [0.15, 0.2) is 0 Å². The Balaban J connectivity index is 1.70. The summed E-state index contributed by atoms with van der Waals surface area (Å²) in [6, 6.07) is 5.96. The topological polar surface area (TPSA) is 46.6 Å². The quantitative estimate of drug-likeness (QED) is 0.798. The Morgan fingerprint density at radius 2 is 2.05 bits per heavy atom. The number of carbonyl (C=O) groups is 2. The number of amides is 1. The minimum atomic E-state index is -0.392. The summed E-state index contributed by atoms with van der Waals surface area (Å²) in [6.07, 6.45) is 5.44.